The van der Waals surface area contributed by atoms with E-state index in [0.717, 1.165) is 17.1 Å². The van der Waals surface area contributed by atoms with Gasteiger partial charge in [-0.25, -0.2) is 0 Å². The predicted molar refractivity (Wildman–Crippen MR) is 308 cm³/mol. The molecule has 0 spiro atoms. The third-order valence-corrected chi connectivity index (χ3v) is 16.4. The highest BCUT2D eigenvalue weighted by Crippen LogP contribution is 2.53. The van der Waals surface area contributed by atoms with E-state index in [1.807, 2.05) is 11.3 Å². The van der Waals surface area contributed by atoms with E-state index < -0.39 is 0 Å². The van der Waals surface area contributed by atoms with Gasteiger partial charge in [-0.3, -0.25) is 0 Å². The SMILES string of the molecule is CC1(C)c2ccc(-c3ccccc3N(c3ccc(-c4cccc5c4sc4ccccc45)cc3)c3ccccc3-c3ccccc3)cc2-c2ccc(-c3cccc4c3c3ccccc3n4-c3ccccc3)cc21. The van der Waals surface area contributed by atoms with Crippen LogP contribution in [0.3, 0.4) is 0 Å². The summed E-state index contributed by atoms with van der Waals surface area (Å²) >= 11 is 1.88. The van der Waals surface area contributed by atoms with Gasteiger partial charge >= 0.3 is 0 Å². The molecule has 0 bridgehead atoms. The van der Waals surface area contributed by atoms with Gasteiger partial charge in [0.05, 0.1) is 22.4 Å². The zero-order valence-electron chi connectivity index (χ0n) is 40.1. The largest absolute Gasteiger partial charge is 0.309 e. The first kappa shape index (κ1) is 42.1. The molecule has 0 fully saturated rings. The average Bonchev–Trinajstić information content (AvgIpc) is 4.07. The number of fused-ring (bicyclic) bond motifs is 9. The third-order valence-electron chi connectivity index (χ3n) is 15.2. The van der Waals surface area contributed by atoms with Crippen LogP contribution in [0, 0.1) is 0 Å². The molecule has 2 nitrogen and oxygen atoms in total. The number of hydrogen-bond donors (Lipinski definition) is 0. The van der Waals surface area contributed by atoms with E-state index in [4.69, 9.17) is 0 Å². The van der Waals surface area contributed by atoms with Crippen LogP contribution in [0.25, 0.3) is 103 Å². The van der Waals surface area contributed by atoms with Gasteiger partial charge in [-0.1, -0.05) is 202 Å². The Morgan fingerprint density at radius 2 is 0.917 bits per heavy atom. The van der Waals surface area contributed by atoms with E-state index in [-0.39, 0.29) is 5.41 Å². The summed E-state index contributed by atoms with van der Waals surface area (Å²) in [5.74, 6) is 0. The van der Waals surface area contributed by atoms with Crippen LogP contribution < -0.4 is 4.90 Å². The van der Waals surface area contributed by atoms with Gasteiger partial charge in [0, 0.05) is 58.9 Å². The first-order chi connectivity index (χ1) is 35.5. The number of hydrogen-bond acceptors (Lipinski definition) is 2. The maximum atomic E-state index is 2.47. The van der Waals surface area contributed by atoms with Crippen molar-refractivity contribution in [1.29, 1.82) is 0 Å². The van der Waals surface area contributed by atoms with Gasteiger partial charge in [-0.15, -0.1) is 11.3 Å². The summed E-state index contributed by atoms with van der Waals surface area (Å²) in [4.78, 5) is 2.47. The molecular weight excluding hydrogens is 889 g/mol. The molecule has 340 valence electrons. The van der Waals surface area contributed by atoms with Crippen LogP contribution in [0.5, 0.6) is 0 Å². The lowest BCUT2D eigenvalue weighted by atomic mass is 9.81. The summed E-state index contributed by atoms with van der Waals surface area (Å²) < 4.78 is 5.05. The van der Waals surface area contributed by atoms with Gasteiger partial charge in [0.25, 0.3) is 0 Å². The minimum absolute atomic E-state index is 0.201. The molecule has 0 saturated carbocycles. The molecule has 72 heavy (non-hydrogen) atoms. The van der Waals surface area contributed by atoms with Crippen LogP contribution in [0.1, 0.15) is 25.0 Å². The van der Waals surface area contributed by atoms with Crippen LogP contribution in [0.2, 0.25) is 0 Å². The summed E-state index contributed by atoms with van der Waals surface area (Å²) in [6.07, 6.45) is 0. The van der Waals surface area contributed by atoms with E-state index >= 15 is 0 Å². The molecule has 2 heterocycles. The van der Waals surface area contributed by atoms with Gasteiger partial charge < -0.3 is 9.47 Å². The minimum Gasteiger partial charge on any atom is -0.309 e. The Balaban J connectivity index is 0.895. The van der Waals surface area contributed by atoms with Crippen molar-refractivity contribution in [3.05, 3.63) is 266 Å². The first-order valence-corrected chi connectivity index (χ1v) is 25.7. The van der Waals surface area contributed by atoms with Crippen molar-refractivity contribution in [3.63, 3.8) is 0 Å². The number of nitrogens with zero attached hydrogens (tertiary/aromatic N) is 2. The number of aromatic nitrogens is 1. The Hall–Kier alpha value is -8.76. The smallest absolute Gasteiger partial charge is 0.0547 e. The molecule has 0 N–H and O–H groups in total. The topological polar surface area (TPSA) is 8.17 Å². The second-order valence-electron chi connectivity index (χ2n) is 19.6. The number of para-hydroxylation sites is 4. The average molecular weight is 937 g/mol. The number of anilines is 3. The van der Waals surface area contributed by atoms with E-state index in [0.29, 0.717) is 0 Å². The molecule has 0 amide bonds. The van der Waals surface area contributed by atoms with E-state index in [1.54, 1.807) is 0 Å². The fourth-order valence-electron chi connectivity index (χ4n) is 11.8. The molecule has 14 rings (SSSR count). The highest BCUT2D eigenvalue weighted by molar-refractivity contribution is 7.26. The minimum atomic E-state index is -0.201. The second-order valence-corrected chi connectivity index (χ2v) is 20.6. The van der Waals surface area contributed by atoms with E-state index in [9.17, 15) is 0 Å². The molecule has 0 saturated heterocycles. The Kier molecular flexibility index (Phi) is 9.77. The van der Waals surface area contributed by atoms with Gasteiger partial charge in [-0.2, -0.15) is 0 Å². The highest BCUT2D eigenvalue weighted by atomic mass is 32.1. The highest BCUT2D eigenvalue weighted by Gasteiger charge is 2.36. The van der Waals surface area contributed by atoms with E-state index in [2.05, 4.69) is 278 Å². The fraction of sp³-hybridized carbons (Fsp3) is 0.0435. The van der Waals surface area contributed by atoms with Crippen LogP contribution in [0.15, 0.2) is 255 Å². The van der Waals surface area contributed by atoms with Crippen LogP contribution in [0.4, 0.5) is 17.1 Å². The van der Waals surface area contributed by atoms with Crippen molar-refractivity contribution in [3.8, 4) is 61.3 Å². The second kappa shape index (κ2) is 16.7. The summed E-state index contributed by atoms with van der Waals surface area (Å²) in [6.45, 7) is 4.79. The lowest BCUT2D eigenvalue weighted by molar-refractivity contribution is 0.660. The van der Waals surface area contributed by atoms with Crippen molar-refractivity contribution in [2.45, 2.75) is 19.3 Å². The third kappa shape index (κ3) is 6.62. The summed E-state index contributed by atoms with van der Waals surface area (Å²) in [6, 6.07) is 94.0. The normalized spacial score (nSPS) is 12.7. The molecule has 13 aromatic rings. The molecule has 0 atom stereocenters. The number of benzene rings is 11. The molecule has 0 radical (unpaired) electrons. The molecule has 0 unspecified atom stereocenters. The molecule has 2 aromatic heterocycles. The Bertz CT molecular complexity index is 4230. The maximum Gasteiger partial charge on any atom is 0.0547 e. The Labute approximate surface area is 424 Å². The molecule has 11 aromatic carbocycles. The van der Waals surface area contributed by atoms with Crippen LogP contribution in [-0.2, 0) is 5.41 Å². The quantitative estimate of drug-likeness (QED) is 0.147. The molecule has 0 aliphatic heterocycles. The monoisotopic (exact) mass is 936 g/mol. The molecule has 3 heteroatoms. The van der Waals surface area contributed by atoms with Crippen molar-refractivity contribution in [1.82, 2.24) is 4.57 Å². The lowest BCUT2D eigenvalue weighted by Gasteiger charge is -2.30. The summed E-state index contributed by atoms with van der Waals surface area (Å²) in [7, 11) is 0. The molecular formula is C69H48N2S. The van der Waals surface area contributed by atoms with Crippen LogP contribution >= 0.6 is 11.3 Å². The van der Waals surface area contributed by atoms with Gasteiger partial charge in [0.15, 0.2) is 0 Å². The van der Waals surface area contributed by atoms with Crippen LogP contribution in [-0.4, -0.2) is 4.57 Å². The van der Waals surface area contributed by atoms with Crippen molar-refractivity contribution in [2.24, 2.45) is 0 Å². The van der Waals surface area contributed by atoms with Crippen molar-refractivity contribution < 1.29 is 0 Å². The maximum absolute atomic E-state index is 2.47. The predicted octanol–water partition coefficient (Wildman–Crippen LogP) is 19.6. The number of rotatable bonds is 8. The lowest BCUT2D eigenvalue weighted by Crippen LogP contribution is -2.15. The van der Waals surface area contributed by atoms with Gasteiger partial charge in [0.2, 0.25) is 0 Å². The first-order valence-electron chi connectivity index (χ1n) is 24.9. The standard InChI is InChI=1S/C69H48N2S/c1-69(2)60-42-38-47(43-59(60)55-41-37-48(44-61(55)69)53-27-18-33-65-67(53)58-26-11-15-32-64(58)71(65)49-21-7-4-8-22-49)52-24-10-14-31-63(52)70(62-30-13-9-23-51(62)45-19-5-3-6-20-45)50-39-35-46(36-40-50)54-28-17-29-57-56-25-12-16-34-66(56)72-68(54)57/h3-44H,1-2H3. The molecule has 1 aliphatic carbocycles. The number of thiophene rings is 1. The fourth-order valence-corrected chi connectivity index (χ4v) is 13.1. The molecule has 1 aliphatic rings. The summed E-state index contributed by atoms with van der Waals surface area (Å²) in [5, 5.41) is 5.17. The van der Waals surface area contributed by atoms with E-state index in [1.165, 1.54) is 114 Å². The van der Waals surface area contributed by atoms with Gasteiger partial charge in [-0.05, 0) is 122 Å². The summed E-state index contributed by atoms with van der Waals surface area (Å²) in [5.41, 5.74) is 21.7. The zero-order chi connectivity index (χ0) is 47.9. The Morgan fingerprint density at radius 1 is 0.361 bits per heavy atom. The zero-order valence-corrected chi connectivity index (χ0v) is 40.9. The van der Waals surface area contributed by atoms with Gasteiger partial charge in [0.1, 0.15) is 0 Å². The Morgan fingerprint density at radius 3 is 1.71 bits per heavy atom. The van der Waals surface area contributed by atoms with Crippen molar-refractivity contribution >= 4 is 70.4 Å². The van der Waals surface area contributed by atoms with Crippen molar-refractivity contribution in [2.75, 3.05) is 4.90 Å².